The summed E-state index contributed by atoms with van der Waals surface area (Å²) in [6, 6.07) is 21.6. The number of hydrogen-bond donors (Lipinski definition) is 1. The van der Waals surface area contributed by atoms with Gasteiger partial charge in [-0.05, 0) is 37.3 Å². The molecule has 0 fully saturated rings. The first kappa shape index (κ1) is 18.9. The molecule has 0 amide bonds. The zero-order valence-electron chi connectivity index (χ0n) is 16.1. The molecule has 4 rings (SSSR count). The molecule has 1 heterocycles. The predicted octanol–water partition coefficient (Wildman–Crippen LogP) is 4.43. The average molecular weight is 404 g/mol. The minimum atomic E-state index is -3.70. The number of nitrogens with one attached hydrogen (secondary N) is 1. The van der Waals surface area contributed by atoms with E-state index in [1.54, 1.807) is 48.7 Å². The van der Waals surface area contributed by atoms with Crippen molar-refractivity contribution in [2.24, 2.45) is 12.0 Å². The third-order valence-electron chi connectivity index (χ3n) is 4.62. The van der Waals surface area contributed by atoms with E-state index in [1.807, 2.05) is 48.9 Å². The van der Waals surface area contributed by atoms with Crippen molar-refractivity contribution in [3.8, 4) is 0 Å². The Kier molecular flexibility index (Phi) is 4.90. The lowest BCUT2D eigenvalue weighted by Gasteiger charge is -2.10. The molecule has 0 radical (unpaired) electrons. The average Bonchev–Trinajstić information content (AvgIpc) is 3.03. The second-order valence-electron chi connectivity index (χ2n) is 6.72. The number of aryl methyl sites for hydroxylation is 2. The summed E-state index contributed by atoms with van der Waals surface area (Å²) < 4.78 is 30.0. The molecule has 0 bridgehead atoms. The molecular weight excluding hydrogens is 384 g/mol. The van der Waals surface area contributed by atoms with Crippen LogP contribution in [-0.4, -0.2) is 24.2 Å². The van der Waals surface area contributed by atoms with Crippen LogP contribution in [0, 0.1) is 6.92 Å². The van der Waals surface area contributed by atoms with Crippen molar-refractivity contribution in [3.63, 3.8) is 0 Å². The van der Waals surface area contributed by atoms with Crippen LogP contribution in [0.15, 0.2) is 82.7 Å². The van der Waals surface area contributed by atoms with E-state index in [4.69, 9.17) is 0 Å². The van der Waals surface area contributed by atoms with Crippen molar-refractivity contribution in [2.45, 2.75) is 11.8 Å². The Morgan fingerprint density at radius 1 is 0.966 bits per heavy atom. The molecule has 7 heteroatoms. The number of benzene rings is 3. The molecule has 0 saturated carbocycles. The van der Waals surface area contributed by atoms with Gasteiger partial charge in [0.1, 0.15) is 0 Å². The number of aliphatic imine (C=N–C) groups is 1. The van der Waals surface area contributed by atoms with Gasteiger partial charge in [0.2, 0.25) is 5.95 Å². The molecule has 6 nitrogen and oxygen atoms in total. The van der Waals surface area contributed by atoms with Crippen LogP contribution in [0.25, 0.3) is 11.0 Å². The highest BCUT2D eigenvalue weighted by atomic mass is 32.2. The highest BCUT2D eigenvalue weighted by Gasteiger charge is 2.15. The first-order valence-electron chi connectivity index (χ1n) is 9.08. The number of anilines is 1. The first-order chi connectivity index (χ1) is 13.9. The number of para-hydroxylation sites is 3. The fourth-order valence-electron chi connectivity index (χ4n) is 3.00. The molecule has 4 aromatic rings. The SMILES string of the molecule is Cc1ccc(S(=O)(=O)Nc2ccccc2/C=N/c2nc3ccccc3n2C)cc1. The zero-order chi connectivity index (χ0) is 20.4. The van der Waals surface area contributed by atoms with E-state index < -0.39 is 10.0 Å². The van der Waals surface area contributed by atoms with Crippen LogP contribution in [-0.2, 0) is 17.1 Å². The largest absolute Gasteiger partial charge is 0.311 e. The van der Waals surface area contributed by atoms with E-state index in [0.717, 1.165) is 16.6 Å². The minimum absolute atomic E-state index is 0.213. The van der Waals surface area contributed by atoms with Crippen LogP contribution in [0.1, 0.15) is 11.1 Å². The molecule has 0 saturated heterocycles. The summed E-state index contributed by atoms with van der Waals surface area (Å²) in [6.45, 7) is 1.91. The quantitative estimate of drug-likeness (QED) is 0.500. The molecule has 29 heavy (non-hydrogen) atoms. The van der Waals surface area contributed by atoms with Crippen molar-refractivity contribution in [1.82, 2.24) is 9.55 Å². The molecule has 1 aromatic heterocycles. The number of fused-ring (bicyclic) bond motifs is 1. The number of rotatable bonds is 5. The highest BCUT2D eigenvalue weighted by Crippen LogP contribution is 2.22. The number of imidazole rings is 1. The van der Waals surface area contributed by atoms with Gasteiger partial charge in [-0.2, -0.15) is 0 Å². The molecule has 0 aliphatic heterocycles. The van der Waals surface area contributed by atoms with E-state index in [9.17, 15) is 8.42 Å². The fraction of sp³-hybridized carbons (Fsp3) is 0.0909. The zero-order valence-corrected chi connectivity index (χ0v) is 16.9. The fourth-order valence-corrected chi connectivity index (χ4v) is 4.09. The standard InChI is InChI=1S/C22H20N4O2S/c1-16-11-13-18(14-12-16)29(27,28)25-19-8-4-3-7-17(19)15-23-22-24-20-9-5-6-10-21(20)26(22)2/h3-15,25H,1-2H3/b23-15+. The van der Waals surface area contributed by atoms with Crippen LogP contribution in [0.5, 0.6) is 0 Å². The molecule has 0 spiro atoms. The second kappa shape index (κ2) is 7.52. The van der Waals surface area contributed by atoms with Crippen molar-refractivity contribution in [2.75, 3.05) is 4.72 Å². The molecule has 1 N–H and O–H groups in total. The van der Waals surface area contributed by atoms with Gasteiger partial charge in [0, 0.05) is 18.8 Å². The summed E-state index contributed by atoms with van der Waals surface area (Å²) in [5, 5.41) is 0. The lowest BCUT2D eigenvalue weighted by Crippen LogP contribution is -2.14. The second-order valence-corrected chi connectivity index (χ2v) is 8.41. The number of hydrogen-bond acceptors (Lipinski definition) is 4. The monoisotopic (exact) mass is 404 g/mol. The van der Waals surface area contributed by atoms with Gasteiger partial charge in [0.05, 0.1) is 21.6 Å². The number of nitrogens with zero attached hydrogens (tertiary/aromatic N) is 3. The molecule has 146 valence electrons. The van der Waals surface area contributed by atoms with Gasteiger partial charge in [0.15, 0.2) is 0 Å². The Morgan fingerprint density at radius 2 is 1.66 bits per heavy atom. The van der Waals surface area contributed by atoms with E-state index in [1.165, 1.54) is 0 Å². The Morgan fingerprint density at radius 3 is 2.41 bits per heavy atom. The predicted molar refractivity (Wildman–Crippen MR) is 116 cm³/mol. The van der Waals surface area contributed by atoms with Crippen molar-refractivity contribution in [1.29, 1.82) is 0 Å². The highest BCUT2D eigenvalue weighted by molar-refractivity contribution is 7.92. The van der Waals surface area contributed by atoms with Gasteiger partial charge in [-0.3, -0.25) is 4.72 Å². The molecule has 0 aliphatic carbocycles. The van der Waals surface area contributed by atoms with Gasteiger partial charge in [-0.25, -0.2) is 18.4 Å². The van der Waals surface area contributed by atoms with Gasteiger partial charge in [-0.15, -0.1) is 0 Å². The summed E-state index contributed by atoms with van der Waals surface area (Å²) in [5.74, 6) is 0.544. The lowest BCUT2D eigenvalue weighted by atomic mass is 10.2. The molecule has 0 aliphatic rings. The van der Waals surface area contributed by atoms with Crippen molar-refractivity contribution < 1.29 is 8.42 Å². The Hall–Kier alpha value is -3.45. The van der Waals surface area contributed by atoms with E-state index >= 15 is 0 Å². The van der Waals surface area contributed by atoms with Gasteiger partial charge < -0.3 is 4.57 Å². The summed E-state index contributed by atoms with van der Waals surface area (Å²) in [6.07, 6.45) is 1.62. The Bertz CT molecular complexity index is 1310. The Labute approximate surface area is 169 Å². The van der Waals surface area contributed by atoms with Gasteiger partial charge in [0.25, 0.3) is 10.0 Å². The Balaban J connectivity index is 1.65. The van der Waals surface area contributed by atoms with Crippen molar-refractivity contribution in [3.05, 3.63) is 83.9 Å². The number of sulfonamides is 1. The normalized spacial score (nSPS) is 11.9. The third kappa shape index (κ3) is 3.90. The van der Waals surface area contributed by atoms with Crippen molar-refractivity contribution >= 4 is 38.9 Å². The van der Waals surface area contributed by atoms with Crippen LogP contribution >= 0.6 is 0 Å². The van der Waals surface area contributed by atoms with Gasteiger partial charge >= 0.3 is 0 Å². The lowest BCUT2D eigenvalue weighted by molar-refractivity contribution is 0.601. The maximum atomic E-state index is 12.7. The van der Waals surface area contributed by atoms with E-state index in [-0.39, 0.29) is 4.90 Å². The smallest absolute Gasteiger partial charge is 0.261 e. The summed E-state index contributed by atoms with van der Waals surface area (Å²) in [4.78, 5) is 9.21. The maximum absolute atomic E-state index is 12.7. The first-order valence-corrected chi connectivity index (χ1v) is 10.6. The summed E-state index contributed by atoms with van der Waals surface area (Å²) in [5.41, 5.74) is 3.94. The molecular formula is C22H20N4O2S. The van der Waals surface area contributed by atoms with E-state index in [2.05, 4.69) is 14.7 Å². The molecule has 0 unspecified atom stereocenters. The van der Waals surface area contributed by atoms with Crippen LogP contribution in [0.2, 0.25) is 0 Å². The molecule has 3 aromatic carbocycles. The summed E-state index contributed by atoms with van der Waals surface area (Å²) >= 11 is 0. The van der Waals surface area contributed by atoms with Gasteiger partial charge in [-0.1, -0.05) is 48.0 Å². The topological polar surface area (TPSA) is 76.3 Å². The van der Waals surface area contributed by atoms with Crippen LogP contribution in [0.4, 0.5) is 11.6 Å². The van der Waals surface area contributed by atoms with Crippen LogP contribution < -0.4 is 4.72 Å². The van der Waals surface area contributed by atoms with Crippen LogP contribution in [0.3, 0.4) is 0 Å². The molecule has 0 atom stereocenters. The number of aromatic nitrogens is 2. The summed E-state index contributed by atoms with van der Waals surface area (Å²) in [7, 11) is -1.80. The minimum Gasteiger partial charge on any atom is -0.311 e. The maximum Gasteiger partial charge on any atom is 0.261 e. The third-order valence-corrected chi connectivity index (χ3v) is 6.00. The van der Waals surface area contributed by atoms with E-state index in [0.29, 0.717) is 17.2 Å².